The molecule has 1 heterocycles. The van der Waals surface area contributed by atoms with Crippen molar-refractivity contribution >= 4 is 5.91 Å². The van der Waals surface area contributed by atoms with E-state index in [1.807, 2.05) is 4.90 Å². The van der Waals surface area contributed by atoms with Crippen molar-refractivity contribution in [3.63, 3.8) is 0 Å². The SMILES string of the molecule is CCCCCCCCCCCCOC(CN(C)CCCCCCC)CN1CCCC1=O. The molecule has 1 amide bonds. The van der Waals surface area contributed by atoms with Crippen LogP contribution in [0.15, 0.2) is 0 Å². The first-order valence-electron chi connectivity index (χ1n) is 13.7. The molecule has 184 valence electrons. The Labute approximate surface area is 194 Å². The Kier molecular flexibility index (Phi) is 18.4. The lowest BCUT2D eigenvalue weighted by molar-refractivity contribution is -0.129. The zero-order valence-corrected chi connectivity index (χ0v) is 21.3. The first kappa shape index (κ1) is 28.4. The van der Waals surface area contributed by atoms with Gasteiger partial charge in [-0.1, -0.05) is 97.3 Å². The summed E-state index contributed by atoms with van der Waals surface area (Å²) in [6, 6.07) is 0. The summed E-state index contributed by atoms with van der Waals surface area (Å²) in [6.07, 6.45) is 22.0. The summed E-state index contributed by atoms with van der Waals surface area (Å²) in [5.74, 6) is 0.315. The highest BCUT2D eigenvalue weighted by Crippen LogP contribution is 2.14. The number of amides is 1. The molecule has 4 heteroatoms. The van der Waals surface area contributed by atoms with Crippen LogP contribution in [0.2, 0.25) is 0 Å². The zero-order chi connectivity index (χ0) is 22.6. The monoisotopic (exact) mass is 438 g/mol. The zero-order valence-electron chi connectivity index (χ0n) is 21.3. The number of ether oxygens (including phenoxy) is 1. The van der Waals surface area contributed by atoms with Crippen LogP contribution in [0.3, 0.4) is 0 Å². The lowest BCUT2D eigenvalue weighted by atomic mass is 10.1. The molecule has 1 aliphatic rings. The van der Waals surface area contributed by atoms with Crippen LogP contribution in [0.25, 0.3) is 0 Å². The molecule has 1 unspecified atom stereocenters. The third-order valence-corrected chi connectivity index (χ3v) is 6.61. The van der Waals surface area contributed by atoms with Crippen LogP contribution in [-0.4, -0.2) is 61.6 Å². The largest absolute Gasteiger partial charge is 0.375 e. The smallest absolute Gasteiger partial charge is 0.222 e. The normalized spacial score (nSPS) is 15.4. The molecule has 0 bridgehead atoms. The Morgan fingerprint density at radius 2 is 1.39 bits per heavy atom. The molecule has 1 aliphatic heterocycles. The minimum Gasteiger partial charge on any atom is -0.375 e. The number of hydrogen-bond acceptors (Lipinski definition) is 3. The average molecular weight is 439 g/mol. The van der Waals surface area contributed by atoms with Gasteiger partial charge in [-0.2, -0.15) is 0 Å². The molecule has 0 aromatic rings. The number of unbranched alkanes of at least 4 members (excludes halogenated alkanes) is 13. The summed E-state index contributed by atoms with van der Waals surface area (Å²) in [4.78, 5) is 16.5. The number of hydrogen-bond donors (Lipinski definition) is 0. The van der Waals surface area contributed by atoms with Crippen LogP contribution in [0.4, 0.5) is 0 Å². The van der Waals surface area contributed by atoms with Gasteiger partial charge in [0.2, 0.25) is 5.91 Å². The fourth-order valence-electron chi connectivity index (χ4n) is 4.57. The van der Waals surface area contributed by atoms with E-state index >= 15 is 0 Å². The van der Waals surface area contributed by atoms with E-state index in [0.29, 0.717) is 5.91 Å². The van der Waals surface area contributed by atoms with Crippen LogP contribution in [0, 0.1) is 0 Å². The van der Waals surface area contributed by atoms with Crippen LogP contribution in [-0.2, 0) is 9.53 Å². The fraction of sp³-hybridized carbons (Fsp3) is 0.963. The van der Waals surface area contributed by atoms with Crippen molar-refractivity contribution in [2.45, 2.75) is 129 Å². The Bertz CT molecular complexity index is 416. The molecule has 0 aromatic heterocycles. The van der Waals surface area contributed by atoms with E-state index in [9.17, 15) is 4.79 Å². The van der Waals surface area contributed by atoms with E-state index in [0.717, 1.165) is 52.0 Å². The van der Waals surface area contributed by atoms with E-state index in [1.165, 1.54) is 89.9 Å². The summed E-state index contributed by atoms with van der Waals surface area (Å²) in [6.45, 7) is 9.15. The molecule has 0 aliphatic carbocycles. The summed E-state index contributed by atoms with van der Waals surface area (Å²) >= 11 is 0. The Hall–Kier alpha value is -0.610. The highest BCUT2D eigenvalue weighted by Gasteiger charge is 2.24. The van der Waals surface area contributed by atoms with Crippen molar-refractivity contribution in [1.82, 2.24) is 9.80 Å². The van der Waals surface area contributed by atoms with Crippen LogP contribution in [0.1, 0.15) is 123 Å². The quantitative estimate of drug-likeness (QED) is 0.174. The number of likely N-dealkylation sites (N-methyl/N-ethyl adjacent to an activating group) is 1. The maximum Gasteiger partial charge on any atom is 0.222 e. The third kappa shape index (κ3) is 15.8. The van der Waals surface area contributed by atoms with Gasteiger partial charge >= 0.3 is 0 Å². The highest BCUT2D eigenvalue weighted by molar-refractivity contribution is 5.78. The summed E-state index contributed by atoms with van der Waals surface area (Å²) in [5.41, 5.74) is 0. The predicted molar refractivity (Wildman–Crippen MR) is 134 cm³/mol. The van der Waals surface area contributed by atoms with Gasteiger partial charge < -0.3 is 14.5 Å². The minimum atomic E-state index is 0.154. The molecular weight excluding hydrogens is 384 g/mol. The minimum absolute atomic E-state index is 0.154. The Morgan fingerprint density at radius 3 is 1.94 bits per heavy atom. The van der Waals surface area contributed by atoms with Gasteiger partial charge in [-0.15, -0.1) is 0 Å². The van der Waals surface area contributed by atoms with Crippen molar-refractivity contribution in [2.24, 2.45) is 0 Å². The highest BCUT2D eigenvalue weighted by atomic mass is 16.5. The number of likely N-dealkylation sites (tertiary alicyclic amines) is 1. The summed E-state index contributed by atoms with van der Waals surface area (Å²) < 4.78 is 6.30. The fourth-order valence-corrected chi connectivity index (χ4v) is 4.57. The van der Waals surface area contributed by atoms with E-state index < -0.39 is 0 Å². The molecule has 0 saturated carbocycles. The molecule has 1 rings (SSSR count). The molecule has 1 atom stereocenters. The molecule has 1 saturated heterocycles. The van der Waals surface area contributed by atoms with Gasteiger partial charge in [0, 0.05) is 32.7 Å². The van der Waals surface area contributed by atoms with E-state index in [-0.39, 0.29) is 6.10 Å². The van der Waals surface area contributed by atoms with Gasteiger partial charge in [0.25, 0.3) is 0 Å². The van der Waals surface area contributed by atoms with Crippen molar-refractivity contribution in [1.29, 1.82) is 0 Å². The Balaban J connectivity index is 2.18. The lowest BCUT2D eigenvalue weighted by Gasteiger charge is -2.28. The molecule has 0 N–H and O–H groups in total. The molecule has 31 heavy (non-hydrogen) atoms. The van der Waals surface area contributed by atoms with Gasteiger partial charge in [-0.25, -0.2) is 0 Å². The molecule has 4 nitrogen and oxygen atoms in total. The van der Waals surface area contributed by atoms with Crippen LogP contribution in [0.5, 0.6) is 0 Å². The third-order valence-electron chi connectivity index (χ3n) is 6.61. The molecule has 1 fully saturated rings. The van der Waals surface area contributed by atoms with Gasteiger partial charge in [-0.3, -0.25) is 4.79 Å². The van der Waals surface area contributed by atoms with Gasteiger partial charge in [0.1, 0.15) is 0 Å². The second-order valence-corrected chi connectivity index (χ2v) is 9.79. The lowest BCUT2D eigenvalue weighted by Crippen LogP contribution is -2.41. The average Bonchev–Trinajstić information content (AvgIpc) is 3.16. The summed E-state index contributed by atoms with van der Waals surface area (Å²) in [5, 5.41) is 0. The van der Waals surface area contributed by atoms with Gasteiger partial charge in [0.05, 0.1) is 6.10 Å². The van der Waals surface area contributed by atoms with Crippen LogP contribution < -0.4 is 0 Å². The molecular formula is C27H54N2O2. The second-order valence-electron chi connectivity index (χ2n) is 9.79. The molecule has 0 radical (unpaired) electrons. The maximum atomic E-state index is 12.1. The number of carbonyl (C=O) groups is 1. The predicted octanol–water partition coefficient (Wildman–Crippen LogP) is 6.82. The van der Waals surface area contributed by atoms with Crippen molar-refractivity contribution in [2.75, 3.05) is 39.8 Å². The maximum absolute atomic E-state index is 12.1. The first-order chi connectivity index (χ1) is 15.2. The van der Waals surface area contributed by atoms with Crippen molar-refractivity contribution in [3.8, 4) is 0 Å². The topological polar surface area (TPSA) is 32.8 Å². The van der Waals surface area contributed by atoms with E-state index in [1.54, 1.807) is 0 Å². The molecule has 0 aromatic carbocycles. The first-order valence-corrected chi connectivity index (χ1v) is 13.7. The second kappa shape index (κ2) is 20.0. The number of rotatable bonds is 22. The molecule has 0 spiro atoms. The van der Waals surface area contributed by atoms with Gasteiger partial charge in [0.15, 0.2) is 0 Å². The van der Waals surface area contributed by atoms with E-state index in [2.05, 4.69) is 25.8 Å². The standard InChI is InChI=1S/C27H54N2O2/c1-4-6-8-10-11-12-13-14-16-18-23-31-26(25-29-22-19-20-27(29)30)24-28(3)21-17-15-9-7-5-2/h26H,4-25H2,1-3H3. The van der Waals surface area contributed by atoms with Crippen molar-refractivity contribution in [3.05, 3.63) is 0 Å². The Morgan fingerprint density at radius 1 is 0.839 bits per heavy atom. The van der Waals surface area contributed by atoms with Gasteiger partial charge in [-0.05, 0) is 32.9 Å². The van der Waals surface area contributed by atoms with Crippen LogP contribution >= 0.6 is 0 Å². The van der Waals surface area contributed by atoms with E-state index in [4.69, 9.17) is 4.74 Å². The summed E-state index contributed by atoms with van der Waals surface area (Å²) in [7, 11) is 2.21. The van der Waals surface area contributed by atoms with Crippen molar-refractivity contribution < 1.29 is 9.53 Å². The number of nitrogens with zero attached hydrogens (tertiary/aromatic N) is 2. The number of carbonyl (C=O) groups excluding carboxylic acids is 1.